The lowest BCUT2D eigenvalue weighted by atomic mass is 10.1. The number of aromatic nitrogens is 1. The summed E-state index contributed by atoms with van der Waals surface area (Å²) in [5, 5.41) is 0. The van der Waals surface area contributed by atoms with Crippen LogP contribution >= 0.6 is 0 Å². The molecule has 0 bridgehead atoms. The zero-order valence-electron chi connectivity index (χ0n) is 8.42. The molecule has 0 aromatic carbocycles. The zero-order valence-corrected chi connectivity index (χ0v) is 8.42. The van der Waals surface area contributed by atoms with Gasteiger partial charge < -0.3 is 9.30 Å². The summed E-state index contributed by atoms with van der Waals surface area (Å²) < 4.78 is 7.97. The fraction of sp³-hybridized carbons (Fsp3) is 0.636. The number of nitrogens with zero attached hydrogens (tertiary/aromatic N) is 1. The first kappa shape index (κ1) is 8.82. The molecule has 1 atom stereocenters. The number of hydrogen-bond acceptors (Lipinski definition) is 1. The minimum absolute atomic E-state index is 0.340. The Morgan fingerprint density at radius 2 is 2.23 bits per heavy atom. The van der Waals surface area contributed by atoms with Crippen LogP contribution < -0.4 is 0 Å². The molecule has 1 aromatic rings. The first-order valence-electron chi connectivity index (χ1n) is 5.03. The molecule has 1 aliphatic heterocycles. The number of rotatable bonds is 1. The molecule has 2 nitrogen and oxygen atoms in total. The molecule has 0 radical (unpaired) electrons. The Morgan fingerprint density at radius 1 is 1.38 bits per heavy atom. The van der Waals surface area contributed by atoms with Crippen molar-refractivity contribution in [2.45, 2.75) is 32.3 Å². The van der Waals surface area contributed by atoms with E-state index in [9.17, 15) is 0 Å². The second kappa shape index (κ2) is 3.54. The maximum atomic E-state index is 5.74. The van der Waals surface area contributed by atoms with E-state index in [0.29, 0.717) is 6.10 Å². The number of aryl methyl sites for hydroxylation is 1. The SMILES string of the molecule is Cc1ccc(C2CCCCO2)n1C. The molecular formula is C11H17NO. The van der Waals surface area contributed by atoms with Crippen LogP contribution in [0.1, 0.15) is 36.8 Å². The van der Waals surface area contributed by atoms with Gasteiger partial charge in [0.15, 0.2) is 0 Å². The minimum Gasteiger partial charge on any atom is -0.372 e. The molecule has 2 rings (SSSR count). The van der Waals surface area contributed by atoms with Crippen LogP contribution in [-0.2, 0) is 11.8 Å². The van der Waals surface area contributed by atoms with Crippen molar-refractivity contribution in [3.63, 3.8) is 0 Å². The van der Waals surface area contributed by atoms with E-state index in [1.54, 1.807) is 0 Å². The molecule has 72 valence electrons. The third-order valence-electron chi connectivity index (χ3n) is 2.92. The Morgan fingerprint density at radius 3 is 2.77 bits per heavy atom. The Kier molecular flexibility index (Phi) is 2.40. The van der Waals surface area contributed by atoms with Crippen molar-refractivity contribution in [3.05, 3.63) is 23.5 Å². The Bertz CT molecular complexity index is 284. The van der Waals surface area contributed by atoms with Gasteiger partial charge in [-0.3, -0.25) is 0 Å². The Labute approximate surface area is 79.5 Å². The summed E-state index contributed by atoms with van der Waals surface area (Å²) in [6, 6.07) is 4.35. The number of ether oxygens (including phenoxy) is 1. The van der Waals surface area contributed by atoms with E-state index in [-0.39, 0.29) is 0 Å². The molecule has 1 aliphatic rings. The van der Waals surface area contributed by atoms with Crippen molar-refractivity contribution in [1.82, 2.24) is 4.57 Å². The van der Waals surface area contributed by atoms with Crippen LogP contribution in [0.2, 0.25) is 0 Å². The van der Waals surface area contributed by atoms with Crippen molar-refractivity contribution in [2.75, 3.05) is 6.61 Å². The Hall–Kier alpha value is -0.760. The van der Waals surface area contributed by atoms with Gasteiger partial charge in [0.2, 0.25) is 0 Å². The van der Waals surface area contributed by atoms with E-state index in [2.05, 4.69) is 30.7 Å². The topological polar surface area (TPSA) is 14.2 Å². The summed E-state index contributed by atoms with van der Waals surface area (Å²) >= 11 is 0. The van der Waals surface area contributed by atoms with Crippen molar-refractivity contribution < 1.29 is 4.74 Å². The van der Waals surface area contributed by atoms with Crippen LogP contribution in [0.15, 0.2) is 12.1 Å². The lowest BCUT2D eigenvalue weighted by molar-refractivity contribution is 0.0106. The van der Waals surface area contributed by atoms with Crippen LogP contribution in [-0.4, -0.2) is 11.2 Å². The predicted molar refractivity (Wildman–Crippen MR) is 52.7 cm³/mol. The van der Waals surface area contributed by atoms with Gasteiger partial charge in [-0.05, 0) is 38.3 Å². The van der Waals surface area contributed by atoms with E-state index in [1.807, 2.05) is 0 Å². The molecule has 2 heteroatoms. The summed E-state index contributed by atoms with van der Waals surface area (Å²) in [6.45, 7) is 3.06. The van der Waals surface area contributed by atoms with Crippen LogP contribution in [0.3, 0.4) is 0 Å². The average Bonchev–Trinajstić information content (AvgIpc) is 2.49. The molecule has 0 saturated carbocycles. The summed E-state index contributed by atoms with van der Waals surface area (Å²) in [7, 11) is 2.11. The van der Waals surface area contributed by atoms with E-state index in [0.717, 1.165) is 6.61 Å². The Balaban J connectivity index is 2.18. The van der Waals surface area contributed by atoms with Gasteiger partial charge >= 0.3 is 0 Å². The fourth-order valence-corrected chi connectivity index (χ4v) is 1.93. The van der Waals surface area contributed by atoms with E-state index < -0.39 is 0 Å². The highest BCUT2D eigenvalue weighted by Gasteiger charge is 2.18. The minimum atomic E-state index is 0.340. The maximum Gasteiger partial charge on any atom is 0.0974 e. The highest BCUT2D eigenvalue weighted by Crippen LogP contribution is 2.28. The van der Waals surface area contributed by atoms with Crippen molar-refractivity contribution in [1.29, 1.82) is 0 Å². The van der Waals surface area contributed by atoms with E-state index >= 15 is 0 Å². The quantitative estimate of drug-likeness (QED) is 0.646. The van der Waals surface area contributed by atoms with Gasteiger partial charge in [-0.1, -0.05) is 0 Å². The summed E-state index contributed by atoms with van der Waals surface area (Å²) in [4.78, 5) is 0. The van der Waals surface area contributed by atoms with Crippen LogP contribution in [0.4, 0.5) is 0 Å². The molecule has 1 unspecified atom stereocenters. The normalized spacial score (nSPS) is 23.4. The molecule has 0 N–H and O–H groups in total. The second-order valence-corrected chi connectivity index (χ2v) is 3.81. The van der Waals surface area contributed by atoms with Gasteiger partial charge in [-0.2, -0.15) is 0 Å². The van der Waals surface area contributed by atoms with Gasteiger partial charge in [0, 0.05) is 25.0 Å². The summed E-state index contributed by atoms with van der Waals surface area (Å²) in [6.07, 6.45) is 4.04. The van der Waals surface area contributed by atoms with Gasteiger partial charge in [-0.15, -0.1) is 0 Å². The van der Waals surface area contributed by atoms with Gasteiger partial charge in [0.05, 0.1) is 6.10 Å². The smallest absolute Gasteiger partial charge is 0.0974 e. The highest BCUT2D eigenvalue weighted by atomic mass is 16.5. The first-order chi connectivity index (χ1) is 6.29. The van der Waals surface area contributed by atoms with Crippen LogP contribution in [0.5, 0.6) is 0 Å². The third-order valence-corrected chi connectivity index (χ3v) is 2.92. The van der Waals surface area contributed by atoms with Gasteiger partial charge in [0.25, 0.3) is 0 Å². The fourth-order valence-electron chi connectivity index (χ4n) is 1.93. The third kappa shape index (κ3) is 1.63. The first-order valence-corrected chi connectivity index (χ1v) is 5.03. The average molecular weight is 179 g/mol. The standard InChI is InChI=1S/C11H17NO/c1-9-6-7-10(12(9)2)11-5-3-4-8-13-11/h6-7,11H,3-5,8H2,1-2H3. The van der Waals surface area contributed by atoms with Gasteiger partial charge in [0.1, 0.15) is 0 Å². The van der Waals surface area contributed by atoms with E-state index in [1.165, 1.54) is 30.7 Å². The lowest BCUT2D eigenvalue weighted by Gasteiger charge is -2.23. The van der Waals surface area contributed by atoms with Crippen LogP contribution in [0.25, 0.3) is 0 Å². The molecular weight excluding hydrogens is 162 g/mol. The summed E-state index contributed by atoms with van der Waals surface area (Å²) in [5.41, 5.74) is 2.64. The second-order valence-electron chi connectivity index (χ2n) is 3.81. The molecule has 1 saturated heterocycles. The van der Waals surface area contributed by atoms with E-state index in [4.69, 9.17) is 4.74 Å². The molecule has 0 aliphatic carbocycles. The molecule has 1 fully saturated rings. The maximum absolute atomic E-state index is 5.74. The van der Waals surface area contributed by atoms with Crippen molar-refractivity contribution >= 4 is 0 Å². The van der Waals surface area contributed by atoms with Gasteiger partial charge in [-0.25, -0.2) is 0 Å². The monoisotopic (exact) mass is 179 g/mol. The largest absolute Gasteiger partial charge is 0.372 e. The van der Waals surface area contributed by atoms with Crippen LogP contribution in [0, 0.1) is 6.92 Å². The molecule has 2 heterocycles. The molecule has 0 spiro atoms. The lowest BCUT2D eigenvalue weighted by Crippen LogP contribution is -2.14. The van der Waals surface area contributed by atoms with Crippen molar-refractivity contribution in [3.8, 4) is 0 Å². The predicted octanol–water partition coefficient (Wildman–Crippen LogP) is 2.58. The molecule has 13 heavy (non-hydrogen) atoms. The summed E-state index contributed by atoms with van der Waals surface area (Å²) in [5.74, 6) is 0. The molecule has 0 amide bonds. The highest BCUT2D eigenvalue weighted by molar-refractivity contribution is 5.17. The zero-order chi connectivity index (χ0) is 9.26. The molecule has 1 aromatic heterocycles. The van der Waals surface area contributed by atoms with Crippen molar-refractivity contribution in [2.24, 2.45) is 7.05 Å². The number of hydrogen-bond donors (Lipinski definition) is 0.